The number of rotatable bonds is 2. The molecule has 0 amide bonds. The molecule has 0 aliphatic rings. The zero-order chi connectivity index (χ0) is 11.8. The van der Waals surface area contributed by atoms with Crippen LogP contribution in [0.15, 0.2) is 29.5 Å². The fraction of sp³-hybridized carbons (Fsp3) is 0.111. The number of nitrogen functional groups attached to an aromatic ring is 1. The third kappa shape index (κ3) is 1.58. The van der Waals surface area contributed by atoms with Crippen molar-refractivity contribution in [2.24, 2.45) is 0 Å². The SMILES string of the molecule is Nc1snnc1Cn1ccn2nccc2c1=O. The van der Waals surface area contributed by atoms with Crippen molar-refractivity contribution >= 4 is 22.1 Å². The van der Waals surface area contributed by atoms with Gasteiger partial charge < -0.3 is 10.3 Å². The van der Waals surface area contributed by atoms with E-state index in [1.807, 2.05) is 0 Å². The summed E-state index contributed by atoms with van der Waals surface area (Å²) in [6.07, 6.45) is 4.95. The van der Waals surface area contributed by atoms with Gasteiger partial charge >= 0.3 is 0 Å². The highest BCUT2D eigenvalue weighted by Crippen LogP contribution is 2.12. The Kier molecular flexibility index (Phi) is 2.15. The van der Waals surface area contributed by atoms with E-state index in [9.17, 15) is 4.79 Å². The highest BCUT2D eigenvalue weighted by atomic mass is 32.1. The topological polar surface area (TPSA) is 91.1 Å². The summed E-state index contributed by atoms with van der Waals surface area (Å²) in [4.78, 5) is 12.0. The molecule has 0 fully saturated rings. The number of anilines is 1. The molecule has 3 aromatic rings. The molecule has 0 aromatic carbocycles. The molecule has 7 nitrogen and oxygen atoms in total. The van der Waals surface area contributed by atoms with Crippen LogP contribution in [0.5, 0.6) is 0 Å². The lowest BCUT2D eigenvalue weighted by atomic mass is 10.4. The van der Waals surface area contributed by atoms with Crippen molar-refractivity contribution in [1.29, 1.82) is 0 Å². The summed E-state index contributed by atoms with van der Waals surface area (Å²) in [6.45, 7) is 0.322. The van der Waals surface area contributed by atoms with Gasteiger partial charge in [-0.3, -0.25) is 4.79 Å². The van der Waals surface area contributed by atoms with Gasteiger partial charge in [0.2, 0.25) is 0 Å². The molecular weight excluding hydrogens is 240 g/mol. The zero-order valence-electron chi connectivity index (χ0n) is 8.65. The Hall–Kier alpha value is -2.22. The van der Waals surface area contributed by atoms with E-state index in [2.05, 4.69) is 14.7 Å². The molecule has 86 valence electrons. The lowest BCUT2D eigenvalue weighted by Crippen LogP contribution is -2.22. The summed E-state index contributed by atoms with van der Waals surface area (Å²) in [5.74, 6) is 0. The first-order valence-electron chi connectivity index (χ1n) is 4.85. The van der Waals surface area contributed by atoms with Crippen LogP contribution >= 0.6 is 11.5 Å². The van der Waals surface area contributed by atoms with E-state index in [1.165, 1.54) is 9.08 Å². The normalized spacial score (nSPS) is 11.1. The van der Waals surface area contributed by atoms with Crippen molar-refractivity contribution in [3.05, 3.63) is 40.7 Å². The Morgan fingerprint density at radius 3 is 3.06 bits per heavy atom. The average Bonchev–Trinajstić information content (AvgIpc) is 2.92. The van der Waals surface area contributed by atoms with Crippen LogP contribution < -0.4 is 11.3 Å². The van der Waals surface area contributed by atoms with Gasteiger partial charge in [0.05, 0.1) is 12.7 Å². The van der Waals surface area contributed by atoms with Crippen LogP contribution in [-0.4, -0.2) is 23.8 Å². The zero-order valence-corrected chi connectivity index (χ0v) is 9.46. The molecule has 0 radical (unpaired) electrons. The second-order valence-corrected chi connectivity index (χ2v) is 4.26. The third-order valence-corrected chi connectivity index (χ3v) is 3.04. The van der Waals surface area contributed by atoms with Gasteiger partial charge in [-0.15, -0.1) is 5.10 Å². The number of nitrogens with two attached hydrogens (primary N) is 1. The molecule has 8 heteroatoms. The van der Waals surface area contributed by atoms with E-state index in [0.717, 1.165) is 11.5 Å². The van der Waals surface area contributed by atoms with Gasteiger partial charge in [-0.1, -0.05) is 4.49 Å². The van der Waals surface area contributed by atoms with Crippen LogP contribution in [0, 0.1) is 0 Å². The second kappa shape index (κ2) is 3.67. The summed E-state index contributed by atoms with van der Waals surface area (Å²) in [7, 11) is 0. The van der Waals surface area contributed by atoms with Gasteiger partial charge in [0.15, 0.2) is 0 Å². The van der Waals surface area contributed by atoms with E-state index in [-0.39, 0.29) is 5.56 Å². The van der Waals surface area contributed by atoms with E-state index in [1.54, 1.807) is 24.7 Å². The third-order valence-electron chi connectivity index (χ3n) is 2.44. The van der Waals surface area contributed by atoms with Gasteiger partial charge in [0.1, 0.15) is 16.2 Å². The standard InChI is InChI=1S/C9H8N6OS/c10-8-6(12-13-17-8)5-14-3-4-15-7(9(14)16)1-2-11-15/h1-4H,5,10H2. The minimum atomic E-state index is -0.127. The number of aromatic nitrogens is 5. The average molecular weight is 248 g/mol. The number of hydrogen-bond acceptors (Lipinski definition) is 6. The predicted octanol–water partition coefficient (Wildman–Crippen LogP) is -0.0220. The van der Waals surface area contributed by atoms with Crippen LogP contribution in [0.2, 0.25) is 0 Å². The number of fused-ring (bicyclic) bond motifs is 1. The molecule has 0 saturated carbocycles. The lowest BCUT2D eigenvalue weighted by Gasteiger charge is -2.03. The van der Waals surface area contributed by atoms with Gasteiger partial charge in [-0.05, 0) is 6.07 Å². The maximum Gasteiger partial charge on any atom is 0.276 e. The molecule has 0 spiro atoms. The first kappa shape index (κ1) is 9.97. The first-order valence-corrected chi connectivity index (χ1v) is 5.62. The van der Waals surface area contributed by atoms with Crippen LogP contribution in [0.3, 0.4) is 0 Å². The van der Waals surface area contributed by atoms with Crippen LogP contribution in [0.25, 0.3) is 5.52 Å². The Bertz CT molecular complexity index is 726. The largest absolute Gasteiger partial charge is 0.388 e. The molecule has 3 rings (SSSR count). The fourth-order valence-electron chi connectivity index (χ4n) is 1.57. The molecule has 2 N–H and O–H groups in total. The minimum Gasteiger partial charge on any atom is -0.388 e. The van der Waals surface area contributed by atoms with Gasteiger partial charge in [0, 0.05) is 23.9 Å². The summed E-state index contributed by atoms with van der Waals surface area (Å²) in [6, 6.07) is 1.67. The summed E-state index contributed by atoms with van der Waals surface area (Å²) >= 11 is 1.12. The lowest BCUT2D eigenvalue weighted by molar-refractivity contribution is 0.724. The summed E-state index contributed by atoms with van der Waals surface area (Å²) < 4.78 is 6.79. The number of hydrogen-bond donors (Lipinski definition) is 1. The Morgan fingerprint density at radius 1 is 1.41 bits per heavy atom. The van der Waals surface area contributed by atoms with Crippen molar-refractivity contribution in [3.63, 3.8) is 0 Å². The van der Waals surface area contributed by atoms with Crippen molar-refractivity contribution in [1.82, 2.24) is 23.8 Å². The molecule has 0 aliphatic carbocycles. The molecule has 0 unspecified atom stereocenters. The second-order valence-electron chi connectivity index (χ2n) is 3.48. The molecule has 3 aromatic heterocycles. The summed E-state index contributed by atoms with van der Waals surface area (Å²) in [5, 5.41) is 8.40. The maximum absolute atomic E-state index is 12.0. The molecule has 0 saturated heterocycles. The van der Waals surface area contributed by atoms with E-state index in [0.29, 0.717) is 22.8 Å². The maximum atomic E-state index is 12.0. The Balaban J connectivity index is 2.09. The van der Waals surface area contributed by atoms with Crippen LogP contribution in [-0.2, 0) is 6.54 Å². The van der Waals surface area contributed by atoms with Crippen LogP contribution in [0.4, 0.5) is 5.00 Å². The molecule has 0 bridgehead atoms. The van der Waals surface area contributed by atoms with Crippen molar-refractivity contribution in [2.45, 2.75) is 6.54 Å². The molecule has 0 atom stereocenters. The Labute approximate surface area is 99.3 Å². The molecule has 17 heavy (non-hydrogen) atoms. The van der Waals surface area contributed by atoms with Gasteiger partial charge in [-0.25, -0.2) is 4.52 Å². The van der Waals surface area contributed by atoms with Crippen molar-refractivity contribution in [3.8, 4) is 0 Å². The smallest absolute Gasteiger partial charge is 0.276 e. The molecular formula is C9H8N6OS. The first-order chi connectivity index (χ1) is 8.25. The van der Waals surface area contributed by atoms with E-state index < -0.39 is 0 Å². The van der Waals surface area contributed by atoms with E-state index in [4.69, 9.17) is 5.73 Å². The monoisotopic (exact) mass is 248 g/mol. The summed E-state index contributed by atoms with van der Waals surface area (Å²) in [5.41, 5.74) is 6.70. The van der Waals surface area contributed by atoms with Crippen molar-refractivity contribution in [2.75, 3.05) is 5.73 Å². The van der Waals surface area contributed by atoms with Crippen LogP contribution in [0.1, 0.15) is 5.69 Å². The quantitative estimate of drug-likeness (QED) is 0.688. The Morgan fingerprint density at radius 2 is 2.29 bits per heavy atom. The number of nitrogens with zero attached hydrogens (tertiary/aromatic N) is 5. The van der Waals surface area contributed by atoms with Gasteiger partial charge in [0.25, 0.3) is 5.56 Å². The van der Waals surface area contributed by atoms with Crippen molar-refractivity contribution < 1.29 is 0 Å². The predicted molar refractivity (Wildman–Crippen MR) is 62.9 cm³/mol. The molecule has 0 aliphatic heterocycles. The van der Waals surface area contributed by atoms with E-state index >= 15 is 0 Å². The molecule has 3 heterocycles. The highest BCUT2D eigenvalue weighted by molar-refractivity contribution is 7.09. The highest BCUT2D eigenvalue weighted by Gasteiger charge is 2.08. The minimum absolute atomic E-state index is 0.127. The van der Waals surface area contributed by atoms with Gasteiger partial charge in [-0.2, -0.15) is 5.10 Å². The fourth-order valence-corrected chi connectivity index (χ4v) is 2.01.